The van der Waals surface area contributed by atoms with Crippen LogP contribution in [-0.2, 0) is 4.74 Å². The van der Waals surface area contributed by atoms with Crippen molar-refractivity contribution in [2.75, 3.05) is 18.0 Å². The maximum atomic E-state index is 11.8. The van der Waals surface area contributed by atoms with E-state index in [1.807, 2.05) is 39.0 Å². The molecule has 1 aliphatic rings. The normalized spacial score (nSPS) is 18.7. The first-order chi connectivity index (χ1) is 9.74. The molecule has 1 aromatic rings. The van der Waals surface area contributed by atoms with Crippen molar-refractivity contribution in [1.29, 1.82) is 0 Å². The number of ether oxygens (including phenoxy) is 1. The summed E-state index contributed by atoms with van der Waals surface area (Å²) in [5.74, 6) is 0. The van der Waals surface area contributed by atoms with Gasteiger partial charge in [0.2, 0.25) is 0 Å². The number of alkyl carbamates (subject to hydrolysis) is 1. The van der Waals surface area contributed by atoms with Crippen molar-refractivity contribution >= 4 is 39.3 Å². The van der Waals surface area contributed by atoms with Crippen LogP contribution in [0.15, 0.2) is 22.7 Å². The van der Waals surface area contributed by atoms with E-state index in [2.05, 4.69) is 26.1 Å². The molecule has 1 saturated heterocycles. The van der Waals surface area contributed by atoms with E-state index < -0.39 is 5.60 Å². The Balaban J connectivity index is 1.93. The van der Waals surface area contributed by atoms with Crippen molar-refractivity contribution in [1.82, 2.24) is 5.32 Å². The lowest BCUT2D eigenvalue weighted by atomic mass is 10.2. The van der Waals surface area contributed by atoms with Gasteiger partial charge in [0.15, 0.2) is 0 Å². The number of carbonyl (C=O) groups excluding carboxylic acids is 1. The van der Waals surface area contributed by atoms with E-state index >= 15 is 0 Å². The van der Waals surface area contributed by atoms with Gasteiger partial charge in [-0.1, -0.05) is 11.6 Å². The van der Waals surface area contributed by atoms with Crippen molar-refractivity contribution in [2.24, 2.45) is 0 Å². The number of nitrogens with one attached hydrogen (secondary N) is 1. The zero-order valence-electron chi connectivity index (χ0n) is 12.5. The highest BCUT2D eigenvalue weighted by Gasteiger charge is 2.27. The van der Waals surface area contributed by atoms with Crippen LogP contribution in [-0.4, -0.2) is 30.8 Å². The van der Waals surface area contributed by atoms with Crippen LogP contribution in [0.5, 0.6) is 0 Å². The molecule has 0 radical (unpaired) electrons. The first-order valence-electron chi connectivity index (χ1n) is 6.94. The van der Waals surface area contributed by atoms with Gasteiger partial charge in [0.1, 0.15) is 5.60 Å². The molecule has 0 spiro atoms. The molecule has 21 heavy (non-hydrogen) atoms. The van der Waals surface area contributed by atoms with Crippen LogP contribution in [0.25, 0.3) is 0 Å². The number of rotatable bonds is 2. The standard InChI is InChI=1S/C15H20BrClN2O2/c1-15(2,3)21-14(20)18-11-6-7-19(9-11)13-5-4-10(17)8-12(13)16/h4-5,8,11H,6-7,9H2,1-3H3,(H,18,20)/t11-/m1/s1. The Morgan fingerprint density at radius 1 is 1.48 bits per heavy atom. The van der Waals surface area contributed by atoms with Crippen LogP contribution in [0.2, 0.25) is 5.02 Å². The maximum absolute atomic E-state index is 11.8. The molecule has 1 atom stereocenters. The molecule has 1 heterocycles. The zero-order chi connectivity index (χ0) is 15.6. The second-order valence-electron chi connectivity index (χ2n) is 6.17. The minimum Gasteiger partial charge on any atom is -0.444 e. The number of hydrogen-bond donors (Lipinski definition) is 1. The Kier molecular flexibility index (Phi) is 5.04. The Morgan fingerprint density at radius 2 is 2.19 bits per heavy atom. The summed E-state index contributed by atoms with van der Waals surface area (Å²) in [7, 11) is 0. The average molecular weight is 376 g/mol. The van der Waals surface area contributed by atoms with Crippen LogP contribution in [0.1, 0.15) is 27.2 Å². The van der Waals surface area contributed by atoms with Gasteiger partial charge < -0.3 is 15.0 Å². The summed E-state index contributed by atoms with van der Waals surface area (Å²) in [4.78, 5) is 14.0. The fourth-order valence-corrected chi connectivity index (χ4v) is 3.24. The van der Waals surface area contributed by atoms with E-state index in [1.165, 1.54) is 0 Å². The number of nitrogens with zero attached hydrogens (tertiary/aromatic N) is 1. The SMILES string of the molecule is CC(C)(C)OC(=O)N[C@@H]1CCN(c2ccc(Cl)cc2Br)C1. The van der Waals surface area contributed by atoms with Gasteiger partial charge in [-0.05, 0) is 61.3 Å². The minimum atomic E-state index is -0.471. The lowest BCUT2D eigenvalue weighted by Crippen LogP contribution is -2.40. The Labute approximate surface area is 138 Å². The second kappa shape index (κ2) is 6.44. The summed E-state index contributed by atoms with van der Waals surface area (Å²) < 4.78 is 6.25. The summed E-state index contributed by atoms with van der Waals surface area (Å²) in [6.07, 6.45) is 0.540. The Bertz CT molecular complexity index is 531. The van der Waals surface area contributed by atoms with E-state index in [0.717, 1.165) is 29.7 Å². The predicted molar refractivity (Wildman–Crippen MR) is 89.1 cm³/mol. The number of hydrogen-bond acceptors (Lipinski definition) is 3. The number of anilines is 1. The molecule has 1 aromatic carbocycles. The fraction of sp³-hybridized carbons (Fsp3) is 0.533. The van der Waals surface area contributed by atoms with E-state index in [-0.39, 0.29) is 12.1 Å². The summed E-state index contributed by atoms with van der Waals surface area (Å²) in [6.45, 7) is 7.23. The molecule has 0 unspecified atom stereocenters. The van der Waals surface area contributed by atoms with E-state index in [9.17, 15) is 4.79 Å². The summed E-state index contributed by atoms with van der Waals surface area (Å²) in [5, 5.41) is 3.62. The van der Waals surface area contributed by atoms with Crippen LogP contribution in [0.3, 0.4) is 0 Å². The molecule has 1 N–H and O–H groups in total. The number of carbonyl (C=O) groups is 1. The molecular formula is C15H20BrClN2O2. The summed E-state index contributed by atoms with van der Waals surface area (Å²) >= 11 is 9.49. The zero-order valence-corrected chi connectivity index (χ0v) is 14.8. The molecule has 0 saturated carbocycles. The quantitative estimate of drug-likeness (QED) is 0.842. The van der Waals surface area contributed by atoms with Crippen LogP contribution in [0.4, 0.5) is 10.5 Å². The molecule has 0 aromatic heterocycles. The minimum absolute atomic E-state index is 0.0995. The fourth-order valence-electron chi connectivity index (χ4n) is 2.31. The van der Waals surface area contributed by atoms with Crippen LogP contribution < -0.4 is 10.2 Å². The Hall–Kier alpha value is -0.940. The molecule has 1 aliphatic heterocycles. The summed E-state index contributed by atoms with van der Waals surface area (Å²) in [5.41, 5.74) is 0.620. The molecule has 1 fully saturated rings. The third-order valence-corrected chi connectivity index (χ3v) is 4.03. The lowest BCUT2D eigenvalue weighted by Gasteiger charge is -2.23. The third kappa shape index (κ3) is 4.78. The van der Waals surface area contributed by atoms with Gasteiger partial charge in [-0.15, -0.1) is 0 Å². The number of benzene rings is 1. The molecule has 6 heteroatoms. The van der Waals surface area contributed by atoms with Crippen molar-refractivity contribution in [3.8, 4) is 0 Å². The van der Waals surface area contributed by atoms with Crippen LogP contribution in [0, 0.1) is 0 Å². The first kappa shape index (κ1) is 16.4. The van der Waals surface area contributed by atoms with Gasteiger partial charge in [0, 0.05) is 22.6 Å². The maximum Gasteiger partial charge on any atom is 0.407 e. The van der Waals surface area contributed by atoms with Gasteiger partial charge in [-0.2, -0.15) is 0 Å². The van der Waals surface area contributed by atoms with Gasteiger partial charge in [-0.3, -0.25) is 0 Å². The van der Waals surface area contributed by atoms with Gasteiger partial charge in [0.25, 0.3) is 0 Å². The van der Waals surface area contributed by atoms with E-state index in [4.69, 9.17) is 16.3 Å². The van der Waals surface area contributed by atoms with Crippen molar-refractivity contribution in [3.05, 3.63) is 27.7 Å². The largest absolute Gasteiger partial charge is 0.444 e. The number of amides is 1. The average Bonchev–Trinajstić information content (AvgIpc) is 2.74. The second-order valence-corrected chi connectivity index (χ2v) is 7.46. The summed E-state index contributed by atoms with van der Waals surface area (Å²) in [6, 6.07) is 5.84. The molecule has 2 rings (SSSR count). The van der Waals surface area contributed by atoms with Crippen molar-refractivity contribution in [2.45, 2.75) is 38.8 Å². The van der Waals surface area contributed by atoms with Crippen molar-refractivity contribution < 1.29 is 9.53 Å². The molecule has 116 valence electrons. The molecule has 0 aliphatic carbocycles. The van der Waals surface area contributed by atoms with Gasteiger partial charge in [0.05, 0.1) is 11.7 Å². The predicted octanol–water partition coefficient (Wildman–Crippen LogP) is 4.21. The van der Waals surface area contributed by atoms with Gasteiger partial charge >= 0.3 is 6.09 Å². The molecular weight excluding hydrogens is 356 g/mol. The number of halogens is 2. The molecule has 4 nitrogen and oxygen atoms in total. The molecule has 0 bridgehead atoms. The van der Waals surface area contributed by atoms with Gasteiger partial charge in [-0.25, -0.2) is 4.79 Å². The third-order valence-electron chi connectivity index (χ3n) is 3.16. The smallest absolute Gasteiger partial charge is 0.407 e. The highest BCUT2D eigenvalue weighted by atomic mass is 79.9. The molecule has 1 amide bonds. The van der Waals surface area contributed by atoms with Crippen molar-refractivity contribution in [3.63, 3.8) is 0 Å². The van der Waals surface area contributed by atoms with Crippen LogP contribution >= 0.6 is 27.5 Å². The van der Waals surface area contributed by atoms with E-state index in [1.54, 1.807) is 0 Å². The highest BCUT2D eigenvalue weighted by Crippen LogP contribution is 2.31. The topological polar surface area (TPSA) is 41.6 Å². The monoisotopic (exact) mass is 374 g/mol. The first-order valence-corrected chi connectivity index (χ1v) is 8.11. The highest BCUT2D eigenvalue weighted by molar-refractivity contribution is 9.10. The van der Waals surface area contributed by atoms with E-state index in [0.29, 0.717) is 5.02 Å². The Morgan fingerprint density at radius 3 is 2.81 bits per heavy atom. The lowest BCUT2D eigenvalue weighted by molar-refractivity contribution is 0.0509.